The Labute approximate surface area is 239 Å². The number of carbonyl (C=O) groups is 4. The van der Waals surface area contributed by atoms with Gasteiger partial charge in [0.15, 0.2) is 0 Å². The third kappa shape index (κ3) is 3.43. The maximum absolute atomic E-state index is 14.9. The van der Waals surface area contributed by atoms with E-state index in [1.54, 1.807) is 48.5 Å². The van der Waals surface area contributed by atoms with Crippen LogP contribution in [0.2, 0.25) is 5.02 Å². The van der Waals surface area contributed by atoms with E-state index in [0.29, 0.717) is 27.6 Å². The molecule has 2 aliphatic heterocycles. The number of allylic oxidation sites excluding steroid dienone is 2. The van der Waals surface area contributed by atoms with Crippen LogP contribution in [0.1, 0.15) is 35.8 Å². The smallest absolute Gasteiger partial charge is 0.257 e. The molecule has 0 radical (unpaired) electrons. The Morgan fingerprint density at radius 1 is 0.927 bits per heavy atom. The first-order valence-electron chi connectivity index (χ1n) is 13.4. The Bertz CT molecular complexity index is 1650. The lowest BCUT2D eigenvalue weighted by Crippen LogP contribution is -2.53. The van der Waals surface area contributed by atoms with Gasteiger partial charge in [-0.3, -0.25) is 24.4 Å². The summed E-state index contributed by atoms with van der Waals surface area (Å²) in [6, 6.07) is 18.9. The molecule has 10 heteroatoms. The van der Waals surface area contributed by atoms with E-state index in [4.69, 9.17) is 16.0 Å². The average molecular weight is 573 g/mol. The molecule has 1 aromatic heterocycles. The van der Waals surface area contributed by atoms with Crippen molar-refractivity contribution in [2.45, 2.75) is 30.8 Å². The van der Waals surface area contributed by atoms with Gasteiger partial charge in [-0.25, -0.2) is 4.90 Å². The van der Waals surface area contributed by atoms with Gasteiger partial charge in [0, 0.05) is 5.02 Å². The number of carbonyl (C=O) groups excluding carboxylic acids is 4. The number of hydrogen-bond donors (Lipinski definition) is 2. The second-order valence-corrected chi connectivity index (χ2v) is 11.5. The Balaban J connectivity index is 1.50. The van der Waals surface area contributed by atoms with Gasteiger partial charge in [-0.05, 0) is 54.7 Å². The molecule has 3 aromatic rings. The molecule has 1 saturated carbocycles. The van der Waals surface area contributed by atoms with Gasteiger partial charge in [0.1, 0.15) is 23.5 Å². The molecule has 41 heavy (non-hydrogen) atoms. The van der Waals surface area contributed by atoms with Crippen LogP contribution in [-0.2, 0) is 31.2 Å². The zero-order chi connectivity index (χ0) is 28.6. The van der Waals surface area contributed by atoms with E-state index >= 15 is 0 Å². The van der Waals surface area contributed by atoms with Crippen molar-refractivity contribution in [3.05, 3.63) is 100 Å². The van der Waals surface area contributed by atoms with Crippen LogP contribution in [0.15, 0.2) is 82.8 Å². The minimum Gasteiger partial charge on any atom is -0.463 e. The van der Waals surface area contributed by atoms with Crippen LogP contribution in [0.25, 0.3) is 0 Å². The molecule has 0 spiro atoms. The molecule has 2 aromatic carbocycles. The third-order valence-electron chi connectivity index (χ3n) is 9.27. The standard InChI is InChI=1S/C31H25ClN2O7/c32-17-7-4-8-18(13-17)33-28(37)23-14-22-20(10-11-21-25(22)29(38)34(40)27(21)36)26(24-12-9-19(15-35)41-24)31(23,30(33)39)16-5-2-1-3-6-16/h1-10,12-13,21-23,25-26,35,40H,11,14-15H2/t21-,22+,23-,25-,26+,31+/m0/s1. The minimum atomic E-state index is -1.45. The highest BCUT2D eigenvalue weighted by Crippen LogP contribution is 2.64. The number of aliphatic hydroxyl groups is 1. The normalized spacial score (nSPS) is 30.8. The van der Waals surface area contributed by atoms with Gasteiger partial charge in [-0.15, -0.1) is 0 Å². The summed E-state index contributed by atoms with van der Waals surface area (Å²) < 4.78 is 6.09. The minimum absolute atomic E-state index is 0.112. The number of anilines is 1. The zero-order valence-electron chi connectivity index (χ0n) is 21.6. The molecule has 7 rings (SSSR count). The fraction of sp³-hybridized carbons (Fsp3) is 0.290. The molecule has 3 fully saturated rings. The van der Waals surface area contributed by atoms with Crippen molar-refractivity contribution in [1.29, 1.82) is 0 Å². The molecule has 2 saturated heterocycles. The third-order valence-corrected chi connectivity index (χ3v) is 9.50. The van der Waals surface area contributed by atoms with E-state index in [2.05, 4.69) is 0 Å². The van der Waals surface area contributed by atoms with Gasteiger partial charge in [-0.2, -0.15) is 5.06 Å². The highest BCUT2D eigenvalue weighted by atomic mass is 35.5. The number of rotatable bonds is 4. The fourth-order valence-corrected chi connectivity index (χ4v) is 7.85. The summed E-state index contributed by atoms with van der Waals surface area (Å²) in [6.07, 6.45) is 2.17. The number of hydroxylamine groups is 2. The van der Waals surface area contributed by atoms with E-state index < -0.39 is 58.6 Å². The lowest BCUT2D eigenvalue weighted by molar-refractivity contribution is -0.173. The Kier molecular flexibility index (Phi) is 5.83. The zero-order valence-corrected chi connectivity index (χ0v) is 22.4. The molecule has 6 atom stereocenters. The maximum atomic E-state index is 14.9. The van der Waals surface area contributed by atoms with E-state index in [9.17, 15) is 29.5 Å². The molecule has 3 heterocycles. The van der Waals surface area contributed by atoms with Gasteiger partial charge in [0.05, 0.1) is 29.4 Å². The molecule has 208 valence electrons. The second kappa shape index (κ2) is 9.24. The Morgan fingerprint density at radius 3 is 2.41 bits per heavy atom. The van der Waals surface area contributed by atoms with Crippen molar-refractivity contribution >= 4 is 40.9 Å². The average Bonchev–Trinajstić information content (AvgIpc) is 3.61. The van der Waals surface area contributed by atoms with Crippen LogP contribution in [0.3, 0.4) is 0 Å². The summed E-state index contributed by atoms with van der Waals surface area (Å²) in [6.45, 7) is -0.365. The summed E-state index contributed by atoms with van der Waals surface area (Å²) >= 11 is 6.28. The van der Waals surface area contributed by atoms with Crippen molar-refractivity contribution in [2.24, 2.45) is 23.7 Å². The van der Waals surface area contributed by atoms with Crippen molar-refractivity contribution in [1.82, 2.24) is 5.06 Å². The quantitative estimate of drug-likeness (QED) is 0.275. The number of halogens is 1. The first-order valence-corrected chi connectivity index (χ1v) is 13.8. The lowest BCUT2D eigenvalue weighted by atomic mass is 9.50. The molecule has 9 nitrogen and oxygen atoms in total. The van der Waals surface area contributed by atoms with Crippen molar-refractivity contribution in [3.63, 3.8) is 0 Å². The number of amides is 4. The summed E-state index contributed by atoms with van der Waals surface area (Å²) in [5.41, 5.74) is 0.190. The molecule has 0 bridgehead atoms. The molecule has 2 aliphatic carbocycles. The van der Waals surface area contributed by atoms with Gasteiger partial charge in [0.2, 0.25) is 11.8 Å². The lowest BCUT2D eigenvalue weighted by Gasteiger charge is -2.49. The Hall–Kier alpha value is -4.05. The van der Waals surface area contributed by atoms with Crippen molar-refractivity contribution in [3.8, 4) is 0 Å². The molecule has 4 aliphatic rings. The van der Waals surface area contributed by atoms with Crippen LogP contribution in [-0.4, -0.2) is 39.0 Å². The van der Waals surface area contributed by atoms with Crippen molar-refractivity contribution in [2.75, 3.05) is 4.90 Å². The molecule has 2 N–H and O–H groups in total. The molecular formula is C31H25ClN2O7. The Morgan fingerprint density at radius 2 is 1.71 bits per heavy atom. The topological polar surface area (TPSA) is 128 Å². The van der Waals surface area contributed by atoms with Crippen LogP contribution < -0.4 is 4.90 Å². The summed E-state index contributed by atoms with van der Waals surface area (Å²) in [5.74, 6) is -5.61. The summed E-state index contributed by atoms with van der Waals surface area (Å²) in [4.78, 5) is 56.4. The van der Waals surface area contributed by atoms with Crippen LogP contribution in [0, 0.1) is 23.7 Å². The monoisotopic (exact) mass is 572 g/mol. The van der Waals surface area contributed by atoms with Crippen molar-refractivity contribution < 1.29 is 33.9 Å². The summed E-state index contributed by atoms with van der Waals surface area (Å²) in [5, 5.41) is 20.6. The largest absolute Gasteiger partial charge is 0.463 e. The van der Waals surface area contributed by atoms with Gasteiger partial charge < -0.3 is 9.52 Å². The van der Waals surface area contributed by atoms with Gasteiger partial charge in [-0.1, -0.05) is 59.6 Å². The number of hydrogen-bond acceptors (Lipinski definition) is 7. The molecule has 0 unspecified atom stereocenters. The highest BCUT2D eigenvalue weighted by molar-refractivity contribution is 6.32. The number of furan rings is 1. The molecule has 4 amide bonds. The highest BCUT2D eigenvalue weighted by Gasteiger charge is 2.71. The first-order chi connectivity index (χ1) is 19.8. The van der Waals surface area contributed by atoms with E-state index in [0.717, 1.165) is 0 Å². The summed E-state index contributed by atoms with van der Waals surface area (Å²) in [7, 11) is 0. The second-order valence-electron chi connectivity index (χ2n) is 11.0. The first kappa shape index (κ1) is 25.9. The van der Waals surface area contributed by atoms with E-state index in [1.807, 2.05) is 24.3 Å². The van der Waals surface area contributed by atoms with Gasteiger partial charge in [0.25, 0.3) is 11.8 Å². The predicted octanol–water partition coefficient (Wildman–Crippen LogP) is 3.98. The number of imide groups is 2. The van der Waals surface area contributed by atoms with Crippen LogP contribution in [0.5, 0.6) is 0 Å². The van der Waals surface area contributed by atoms with Crippen LogP contribution in [0.4, 0.5) is 5.69 Å². The number of benzene rings is 2. The van der Waals surface area contributed by atoms with E-state index in [-0.39, 0.29) is 30.3 Å². The number of fused-ring (bicyclic) bond motifs is 4. The van der Waals surface area contributed by atoms with E-state index in [1.165, 1.54) is 4.90 Å². The van der Waals surface area contributed by atoms with Crippen LogP contribution >= 0.6 is 11.6 Å². The molecular weight excluding hydrogens is 548 g/mol. The number of aliphatic hydroxyl groups excluding tert-OH is 1. The maximum Gasteiger partial charge on any atom is 0.257 e. The van der Waals surface area contributed by atoms with Gasteiger partial charge >= 0.3 is 0 Å². The number of nitrogens with zero attached hydrogens (tertiary/aromatic N) is 2. The fourth-order valence-electron chi connectivity index (χ4n) is 7.67. The predicted molar refractivity (Wildman–Crippen MR) is 144 cm³/mol. The SMILES string of the molecule is O=C1[C@H]2[C@H](CC=C3[C@H]2C[C@H]2C(=O)N(c4cccc(Cl)c4)C(=O)[C@@]2(c2ccccc2)[C@H]3c2ccc(CO)o2)C(=O)N1O.